The first-order chi connectivity index (χ1) is 10.0. The minimum Gasteiger partial charge on any atom is -0.295 e. The molecule has 0 unspecified atom stereocenters. The van der Waals surface area contributed by atoms with Crippen molar-refractivity contribution in [1.82, 2.24) is 0 Å². The van der Waals surface area contributed by atoms with E-state index in [0.717, 1.165) is 15.7 Å². The molecule has 2 aromatic carbocycles. The number of nitrogens with zero attached hydrogens (tertiary/aromatic N) is 1. The van der Waals surface area contributed by atoms with Gasteiger partial charge in [0.1, 0.15) is 5.37 Å². The lowest BCUT2D eigenvalue weighted by molar-refractivity contribution is -0.115. The third kappa shape index (κ3) is 3.01. The van der Waals surface area contributed by atoms with Crippen molar-refractivity contribution in [2.24, 2.45) is 0 Å². The summed E-state index contributed by atoms with van der Waals surface area (Å²) in [5.41, 5.74) is 4.51. The van der Waals surface area contributed by atoms with Gasteiger partial charge in [0.05, 0.1) is 5.75 Å². The molecule has 3 rings (SSSR count). The maximum absolute atomic E-state index is 12.4. The Labute approximate surface area is 137 Å². The normalized spacial score (nSPS) is 18.3. The molecule has 1 fully saturated rings. The van der Waals surface area contributed by atoms with Gasteiger partial charge in [-0.3, -0.25) is 9.69 Å². The van der Waals surface area contributed by atoms with E-state index < -0.39 is 0 Å². The van der Waals surface area contributed by atoms with E-state index in [1.807, 2.05) is 17.0 Å². The van der Waals surface area contributed by atoms with Crippen LogP contribution in [-0.2, 0) is 4.79 Å². The number of halogens is 1. The number of hydrogen-bond donors (Lipinski definition) is 0. The van der Waals surface area contributed by atoms with Gasteiger partial charge >= 0.3 is 0 Å². The fourth-order valence-electron chi connectivity index (χ4n) is 2.70. The smallest absolute Gasteiger partial charge is 0.238 e. The molecule has 2 nitrogen and oxygen atoms in total. The molecule has 1 atom stereocenters. The number of hydrogen-bond acceptors (Lipinski definition) is 2. The lowest BCUT2D eigenvalue weighted by Crippen LogP contribution is -2.27. The summed E-state index contributed by atoms with van der Waals surface area (Å²) in [7, 11) is 0. The van der Waals surface area contributed by atoms with Gasteiger partial charge in [-0.25, -0.2) is 0 Å². The van der Waals surface area contributed by atoms with Crippen molar-refractivity contribution < 1.29 is 4.79 Å². The lowest BCUT2D eigenvalue weighted by Gasteiger charge is -2.25. The monoisotopic (exact) mass is 361 g/mol. The van der Waals surface area contributed by atoms with Gasteiger partial charge in [-0.1, -0.05) is 34.1 Å². The van der Waals surface area contributed by atoms with Gasteiger partial charge in [0.25, 0.3) is 0 Å². The first-order valence-corrected chi connectivity index (χ1v) is 8.66. The van der Waals surface area contributed by atoms with Crippen LogP contribution in [0.4, 0.5) is 5.69 Å². The fraction of sp³-hybridized carbons (Fsp3) is 0.235. The number of carbonyl (C=O) groups excluding carboxylic acids is 1. The fourth-order valence-corrected chi connectivity index (χ4v) is 4.28. The van der Waals surface area contributed by atoms with Gasteiger partial charge in [-0.15, -0.1) is 11.8 Å². The maximum Gasteiger partial charge on any atom is 0.238 e. The summed E-state index contributed by atoms with van der Waals surface area (Å²) in [5, 5.41) is 0.0520. The number of benzene rings is 2. The molecule has 1 heterocycles. The van der Waals surface area contributed by atoms with Crippen LogP contribution in [0.5, 0.6) is 0 Å². The Balaban J connectivity index is 2.03. The first-order valence-electron chi connectivity index (χ1n) is 6.82. The molecule has 0 bridgehead atoms. The second-order valence-electron chi connectivity index (χ2n) is 5.33. The molecule has 21 heavy (non-hydrogen) atoms. The zero-order valence-corrected chi connectivity index (χ0v) is 14.4. The molecule has 0 aliphatic carbocycles. The van der Waals surface area contributed by atoms with Crippen LogP contribution in [0.3, 0.4) is 0 Å². The van der Waals surface area contributed by atoms with E-state index in [1.54, 1.807) is 11.8 Å². The number of thioether (sulfide) groups is 1. The molecule has 1 aliphatic heterocycles. The topological polar surface area (TPSA) is 20.3 Å². The number of aryl methyl sites for hydroxylation is 2. The van der Waals surface area contributed by atoms with E-state index in [-0.39, 0.29) is 11.3 Å². The van der Waals surface area contributed by atoms with Crippen LogP contribution >= 0.6 is 27.7 Å². The van der Waals surface area contributed by atoms with Gasteiger partial charge in [-0.2, -0.15) is 0 Å². The third-order valence-electron chi connectivity index (χ3n) is 3.49. The molecule has 1 aliphatic rings. The number of amides is 1. The van der Waals surface area contributed by atoms with Crippen molar-refractivity contribution in [3.8, 4) is 0 Å². The molecule has 2 aromatic rings. The van der Waals surface area contributed by atoms with Crippen molar-refractivity contribution >= 4 is 39.3 Å². The Bertz CT molecular complexity index is 681. The van der Waals surface area contributed by atoms with E-state index in [9.17, 15) is 4.79 Å². The van der Waals surface area contributed by atoms with Gasteiger partial charge < -0.3 is 0 Å². The predicted molar refractivity (Wildman–Crippen MR) is 92.7 cm³/mol. The minimum absolute atomic E-state index is 0.0520. The Morgan fingerprint density at radius 1 is 1.14 bits per heavy atom. The number of anilines is 1. The number of rotatable bonds is 2. The average Bonchev–Trinajstić information content (AvgIpc) is 2.79. The summed E-state index contributed by atoms with van der Waals surface area (Å²) >= 11 is 5.19. The second-order valence-corrected chi connectivity index (χ2v) is 7.31. The van der Waals surface area contributed by atoms with Gasteiger partial charge in [-0.05, 0) is 54.8 Å². The van der Waals surface area contributed by atoms with E-state index in [4.69, 9.17) is 0 Å². The number of carbonyl (C=O) groups is 1. The van der Waals surface area contributed by atoms with E-state index in [0.29, 0.717) is 5.75 Å². The molecular formula is C17H16BrNOS. The Morgan fingerprint density at radius 3 is 2.52 bits per heavy atom. The lowest BCUT2D eigenvalue weighted by atomic mass is 10.1. The summed E-state index contributed by atoms with van der Waals surface area (Å²) in [6.45, 7) is 4.14. The van der Waals surface area contributed by atoms with Crippen LogP contribution in [0, 0.1) is 13.8 Å². The molecule has 4 heteroatoms. The largest absolute Gasteiger partial charge is 0.295 e. The Kier molecular flexibility index (Phi) is 4.09. The van der Waals surface area contributed by atoms with Crippen LogP contribution < -0.4 is 4.90 Å². The highest BCUT2D eigenvalue weighted by molar-refractivity contribution is 9.10. The average molecular weight is 362 g/mol. The Morgan fingerprint density at radius 2 is 1.86 bits per heavy atom. The quantitative estimate of drug-likeness (QED) is 0.762. The van der Waals surface area contributed by atoms with Crippen LogP contribution in [-0.4, -0.2) is 11.7 Å². The SMILES string of the molecule is Cc1cc(C)cc(N2C(=O)CS[C@H]2c2cccc(Br)c2)c1. The standard InChI is InChI=1S/C17H16BrNOS/c1-11-6-12(2)8-15(7-11)19-16(20)10-21-17(19)13-4-3-5-14(18)9-13/h3-9,17H,10H2,1-2H3/t17-/m0/s1. The summed E-state index contributed by atoms with van der Waals surface area (Å²) in [6.07, 6.45) is 0. The highest BCUT2D eigenvalue weighted by Crippen LogP contribution is 2.42. The van der Waals surface area contributed by atoms with Crippen molar-refractivity contribution in [1.29, 1.82) is 0 Å². The molecule has 0 saturated carbocycles. The van der Waals surface area contributed by atoms with Crippen molar-refractivity contribution in [3.63, 3.8) is 0 Å². The predicted octanol–water partition coefficient (Wildman–Crippen LogP) is 4.84. The van der Waals surface area contributed by atoms with Crippen LogP contribution in [0.25, 0.3) is 0 Å². The first kappa shape index (κ1) is 14.7. The zero-order valence-electron chi connectivity index (χ0n) is 12.0. The minimum atomic E-state index is 0.0520. The van der Waals surface area contributed by atoms with Crippen LogP contribution in [0.15, 0.2) is 46.9 Å². The third-order valence-corrected chi connectivity index (χ3v) is 5.19. The van der Waals surface area contributed by atoms with Gasteiger partial charge in [0, 0.05) is 10.2 Å². The molecule has 0 N–H and O–H groups in total. The maximum atomic E-state index is 12.4. The Hall–Kier alpha value is -1.26. The van der Waals surface area contributed by atoms with Gasteiger partial charge in [0.2, 0.25) is 5.91 Å². The molecule has 108 valence electrons. The van der Waals surface area contributed by atoms with Gasteiger partial charge in [0.15, 0.2) is 0 Å². The van der Waals surface area contributed by atoms with E-state index in [2.05, 4.69) is 60.1 Å². The summed E-state index contributed by atoms with van der Waals surface area (Å²) in [4.78, 5) is 14.3. The summed E-state index contributed by atoms with van der Waals surface area (Å²) < 4.78 is 1.04. The van der Waals surface area contributed by atoms with Crippen LogP contribution in [0.1, 0.15) is 22.1 Å². The van der Waals surface area contributed by atoms with Crippen molar-refractivity contribution in [3.05, 3.63) is 63.6 Å². The second kappa shape index (κ2) is 5.85. The summed E-state index contributed by atoms with van der Waals surface area (Å²) in [6, 6.07) is 14.5. The van der Waals surface area contributed by atoms with Crippen molar-refractivity contribution in [2.45, 2.75) is 19.2 Å². The van der Waals surface area contributed by atoms with Crippen molar-refractivity contribution in [2.75, 3.05) is 10.7 Å². The molecule has 0 spiro atoms. The molecule has 1 saturated heterocycles. The molecular weight excluding hydrogens is 346 g/mol. The molecule has 0 aromatic heterocycles. The van der Waals surface area contributed by atoms with E-state index >= 15 is 0 Å². The van der Waals surface area contributed by atoms with E-state index in [1.165, 1.54) is 11.1 Å². The molecule has 0 radical (unpaired) electrons. The highest BCUT2D eigenvalue weighted by Gasteiger charge is 2.34. The highest BCUT2D eigenvalue weighted by atomic mass is 79.9. The summed E-state index contributed by atoms with van der Waals surface area (Å²) in [5.74, 6) is 0.708. The van der Waals surface area contributed by atoms with Crippen LogP contribution in [0.2, 0.25) is 0 Å². The molecule has 1 amide bonds. The zero-order chi connectivity index (χ0) is 15.0.